The van der Waals surface area contributed by atoms with Crippen LogP contribution in [0.25, 0.3) is 16.6 Å². The van der Waals surface area contributed by atoms with Gasteiger partial charge in [0.25, 0.3) is 0 Å². The van der Waals surface area contributed by atoms with E-state index in [2.05, 4.69) is 20.4 Å². The van der Waals surface area contributed by atoms with Crippen molar-refractivity contribution in [1.82, 2.24) is 24.1 Å². The average Bonchev–Trinajstić information content (AvgIpc) is 3.20. The molecule has 0 radical (unpaired) electrons. The fourth-order valence-electron chi connectivity index (χ4n) is 2.57. The molecule has 0 unspecified atom stereocenters. The molecule has 4 rings (SSSR count). The Morgan fingerprint density at radius 2 is 2.17 bits per heavy atom. The van der Waals surface area contributed by atoms with Crippen LogP contribution in [-0.4, -0.2) is 41.8 Å². The molecule has 4 aromatic rings. The highest BCUT2D eigenvalue weighted by Crippen LogP contribution is 2.12. The highest BCUT2D eigenvalue weighted by Gasteiger charge is 2.11. The minimum atomic E-state index is -1.08. The van der Waals surface area contributed by atoms with Crippen LogP contribution in [0.3, 0.4) is 0 Å². The molecule has 0 spiro atoms. The van der Waals surface area contributed by atoms with Crippen molar-refractivity contribution in [3.63, 3.8) is 0 Å². The summed E-state index contributed by atoms with van der Waals surface area (Å²) in [6, 6.07) is 9.35. The fourth-order valence-corrected chi connectivity index (χ4v) is 2.57. The lowest BCUT2D eigenvalue weighted by atomic mass is 10.3. The second-order valence-corrected chi connectivity index (χ2v) is 5.30. The van der Waals surface area contributed by atoms with E-state index in [0.29, 0.717) is 24.7 Å². The zero-order valence-electron chi connectivity index (χ0n) is 12.6. The minimum Gasteiger partial charge on any atom is -0.477 e. The predicted molar refractivity (Wildman–Crippen MR) is 88.2 cm³/mol. The van der Waals surface area contributed by atoms with Crippen LogP contribution in [0, 0.1) is 0 Å². The normalized spacial score (nSPS) is 11.2. The van der Waals surface area contributed by atoms with Crippen LogP contribution in [0.1, 0.15) is 10.5 Å². The van der Waals surface area contributed by atoms with Gasteiger partial charge in [-0.15, -0.1) is 0 Å². The quantitative estimate of drug-likeness (QED) is 0.582. The fraction of sp³-hybridized carbons (Fsp3) is 0.125. The lowest BCUT2D eigenvalue weighted by Crippen LogP contribution is -2.15. The molecule has 0 fully saturated rings. The van der Waals surface area contributed by atoms with Crippen molar-refractivity contribution in [2.45, 2.75) is 6.54 Å². The third-order valence-electron chi connectivity index (χ3n) is 3.69. The number of aromatic nitrogens is 5. The second kappa shape index (κ2) is 5.65. The molecule has 0 bridgehead atoms. The van der Waals surface area contributed by atoms with Crippen molar-refractivity contribution in [1.29, 1.82) is 0 Å². The Labute approximate surface area is 136 Å². The number of anilines is 1. The maximum Gasteiger partial charge on any atom is 0.354 e. The molecular weight excluding hydrogens is 308 g/mol. The highest BCUT2D eigenvalue weighted by atomic mass is 16.4. The Morgan fingerprint density at radius 3 is 3.00 bits per heavy atom. The summed E-state index contributed by atoms with van der Waals surface area (Å²) < 4.78 is 3.57. The Kier molecular flexibility index (Phi) is 3.34. The van der Waals surface area contributed by atoms with Crippen molar-refractivity contribution in [2.75, 3.05) is 11.9 Å². The summed E-state index contributed by atoms with van der Waals surface area (Å²) in [6.07, 6.45) is 5.32. The maximum atomic E-state index is 11.2. The molecule has 3 aromatic heterocycles. The first kappa shape index (κ1) is 14.2. The molecule has 0 saturated heterocycles. The molecule has 0 aliphatic heterocycles. The van der Waals surface area contributed by atoms with E-state index in [1.165, 1.54) is 6.07 Å². The molecule has 3 heterocycles. The van der Waals surface area contributed by atoms with Crippen LogP contribution in [-0.2, 0) is 6.54 Å². The molecule has 0 aliphatic rings. The first-order valence-corrected chi connectivity index (χ1v) is 7.44. The van der Waals surface area contributed by atoms with E-state index >= 15 is 0 Å². The summed E-state index contributed by atoms with van der Waals surface area (Å²) in [5.74, 6) is -0.638. The van der Waals surface area contributed by atoms with Crippen molar-refractivity contribution >= 4 is 28.5 Å². The van der Waals surface area contributed by atoms with Gasteiger partial charge in [-0.05, 0) is 6.07 Å². The highest BCUT2D eigenvalue weighted by molar-refractivity contribution is 5.87. The minimum absolute atomic E-state index is 0.0407. The van der Waals surface area contributed by atoms with E-state index in [0.717, 1.165) is 10.9 Å². The van der Waals surface area contributed by atoms with E-state index < -0.39 is 5.97 Å². The summed E-state index contributed by atoms with van der Waals surface area (Å²) in [4.78, 5) is 19.4. The van der Waals surface area contributed by atoms with Gasteiger partial charge in [-0.1, -0.05) is 18.2 Å². The van der Waals surface area contributed by atoms with Gasteiger partial charge >= 0.3 is 5.97 Å². The average molecular weight is 322 g/mol. The molecule has 0 atom stereocenters. The largest absolute Gasteiger partial charge is 0.477 e. The summed E-state index contributed by atoms with van der Waals surface area (Å²) in [7, 11) is 0. The van der Waals surface area contributed by atoms with E-state index in [1.807, 2.05) is 35.1 Å². The number of hydrogen-bond donors (Lipinski definition) is 2. The van der Waals surface area contributed by atoms with Gasteiger partial charge in [0.1, 0.15) is 5.65 Å². The number of carbonyl (C=O) groups is 1. The number of hydrogen-bond acceptors (Lipinski definition) is 5. The standard InChI is InChI=1S/C16H14N6O2/c23-15(24)13-9-14-17-6-8-22(14)16(19-13)18-5-7-21-10-11-3-1-2-4-12(11)20-21/h1-4,6,8-10H,5,7H2,(H,18,19)(H,23,24). The number of imidazole rings is 1. The van der Waals surface area contributed by atoms with Crippen LogP contribution >= 0.6 is 0 Å². The van der Waals surface area contributed by atoms with E-state index in [1.54, 1.807) is 16.8 Å². The second-order valence-electron chi connectivity index (χ2n) is 5.30. The van der Waals surface area contributed by atoms with Gasteiger partial charge in [-0.3, -0.25) is 9.08 Å². The van der Waals surface area contributed by atoms with Gasteiger partial charge < -0.3 is 10.4 Å². The zero-order valence-corrected chi connectivity index (χ0v) is 12.6. The summed E-state index contributed by atoms with van der Waals surface area (Å²) >= 11 is 0. The van der Waals surface area contributed by atoms with Crippen molar-refractivity contribution < 1.29 is 9.90 Å². The molecule has 8 heteroatoms. The Morgan fingerprint density at radius 1 is 1.29 bits per heavy atom. The molecule has 1 aromatic carbocycles. The van der Waals surface area contributed by atoms with Gasteiger partial charge in [-0.25, -0.2) is 14.8 Å². The van der Waals surface area contributed by atoms with Gasteiger partial charge in [0.05, 0.1) is 12.1 Å². The van der Waals surface area contributed by atoms with E-state index in [9.17, 15) is 4.79 Å². The molecule has 0 saturated carbocycles. The smallest absolute Gasteiger partial charge is 0.354 e. The third kappa shape index (κ3) is 2.54. The van der Waals surface area contributed by atoms with Crippen molar-refractivity contribution in [3.8, 4) is 0 Å². The molecular formula is C16H14N6O2. The SMILES string of the molecule is O=C(O)c1cc2nccn2c(NCCn2cc3ccccc3n2)n1. The Balaban J connectivity index is 1.54. The molecule has 24 heavy (non-hydrogen) atoms. The number of fused-ring (bicyclic) bond motifs is 2. The lowest BCUT2D eigenvalue weighted by Gasteiger charge is -2.09. The number of carboxylic acid groups (broad SMARTS) is 1. The van der Waals surface area contributed by atoms with Crippen LogP contribution in [0.5, 0.6) is 0 Å². The monoisotopic (exact) mass is 322 g/mol. The number of nitrogens with zero attached hydrogens (tertiary/aromatic N) is 5. The number of benzene rings is 1. The third-order valence-corrected chi connectivity index (χ3v) is 3.69. The molecule has 8 nitrogen and oxygen atoms in total. The van der Waals surface area contributed by atoms with Crippen LogP contribution in [0.15, 0.2) is 48.9 Å². The number of nitrogens with one attached hydrogen (secondary N) is 1. The van der Waals surface area contributed by atoms with Crippen LogP contribution in [0.2, 0.25) is 0 Å². The number of rotatable bonds is 5. The van der Waals surface area contributed by atoms with Crippen molar-refractivity contribution in [3.05, 3.63) is 54.6 Å². The van der Waals surface area contributed by atoms with Gasteiger partial charge in [0, 0.05) is 36.6 Å². The van der Waals surface area contributed by atoms with Crippen LogP contribution < -0.4 is 5.32 Å². The van der Waals surface area contributed by atoms with Gasteiger partial charge in [0.15, 0.2) is 5.69 Å². The van der Waals surface area contributed by atoms with Crippen molar-refractivity contribution in [2.24, 2.45) is 0 Å². The topological polar surface area (TPSA) is 97.3 Å². The summed E-state index contributed by atoms with van der Waals surface area (Å²) in [5, 5.41) is 17.9. The molecule has 120 valence electrons. The van der Waals surface area contributed by atoms with Crippen LogP contribution in [0.4, 0.5) is 5.95 Å². The lowest BCUT2D eigenvalue weighted by molar-refractivity contribution is 0.0690. The maximum absolute atomic E-state index is 11.2. The molecule has 2 N–H and O–H groups in total. The first-order valence-electron chi connectivity index (χ1n) is 7.44. The Hall–Kier alpha value is -3.42. The summed E-state index contributed by atoms with van der Waals surface area (Å²) in [6.45, 7) is 1.18. The van der Waals surface area contributed by atoms with E-state index in [4.69, 9.17) is 5.11 Å². The molecule has 0 amide bonds. The first-order chi connectivity index (χ1) is 11.7. The summed E-state index contributed by atoms with van der Waals surface area (Å²) in [5.41, 5.74) is 1.44. The molecule has 0 aliphatic carbocycles. The Bertz CT molecular complexity index is 1000. The van der Waals surface area contributed by atoms with Gasteiger partial charge in [-0.2, -0.15) is 5.10 Å². The predicted octanol–water partition coefficient (Wildman–Crippen LogP) is 1.89. The number of carboxylic acids is 1. The van der Waals surface area contributed by atoms with Gasteiger partial charge in [0.2, 0.25) is 5.95 Å². The van der Waals surface area contributed by atoms with E-state index in [-0.39, 0.29) is 5.69 Å². The number of aromatic carboxylic acids is 1. The zero-order chi connectivity index (χ0) is 16.5.